The third-order valence-electron chi connectivity index (χ3n) is 2.93. The summed E-state index contributed by atoms with van der Waals surface area (Å²) in [6, 6.07) is 10.7. The molecule has 0 fully saturated rings. The molecule has 0 spiro atoms. The summed E-state index contributed by atoms with van der Waals surface area (Å²) in [4.78, 5) is 0.174. The van der Waals surface area contributed by atoms with E-state index in [0.717, 1.165) is 0 Å². The molecule has 0 aromatic heterocycles. The number of nitrogens with one attached hydrogen (secondary N) is 2. The van der Waals surface area contributed by atoms with Gasteiger partial charge < -0.3 is 5.32 Å². The average Bonchev–Trinajstić information content (AvgIpc) is 2.47. The summed E-state index contributed by atoms with van der Waals surface area (Å²) < 4.78 is 39.0. The SMILES string of the molecule is CNS(=O)(=O)c1ccc(NCc2ccc(Cl)cc2F)cc1. The number of hydrogen-bond acceptors (Lipinski definition) is 3. The lowest BCUT2D eigenvalue weighted by Crippen LogP contribution is -2.18. The second-order valence-electron chi connectivity index (χ2n) is 4.32. The van der Waals surface area contributed by atoms with Crippen molar-refractivity contribution in [3.63, 3.8) is 0 Å². The molecule has 0 unspecified atom stereocenters. The predicted molar refractivity (Wildman–Crippen MR) is 81.4 cm³/mol. The van der Waals surface area contributed by atoms with E-state index in [0.29, 0.717) is 16.3 Å². The molecule has 4 nitrogen and oxygen atoms in total. The summed E-state index contributed by atoms with van der Waals surface area (Å²) in [7, 11) is -2.09. The van der Waals surface area contributed by atoms with Gasteiger partial charge in [-0.15, -0.1) is 0 Å². The van der Waals surface area contributed by atoms with E-state index in [1.165, 1.54) is 25.2 Å². The van der Waals surface area contributed by atoms with Crippen molar-refractivity contribution < 1.29 is 12.8 Å². The number of benzene rings is 2. The van der Waals surface area contributed by atoms with E-state index in [1.54, 1.807) is 24.3 Å². The largest absolute Gasteiger partial charge is 0.381 e. The molecular formula is C14H14ClFN2O2S. The highest BCUT2D eigenvalue weighted by molar-refractivity contribution is 7.89. The molecule has 0 aliphatic heterocycles. The van der Waals surface area contributed by atoms with Crippen molar-refractivity contribution in [1.29, 1.82) is 0 Å². The first-order valence-electron chi connectivity index (χ1n) is 6.14. The van der Waals surface area contributed by atoms with Crippen molar-refractivity contribution in [3.05, 3.63) is 58.9 Å². The van der Waals surface area contributed by atoms with Gasteiger partial charge in [-0.2, -0.15) is 0 Å². The molecule has 2 aromatic rings. The Labute approximate surface area is 128 Å². The van der Waals surface area contributed by atoms with Crippen molar-refractivity contribution in [2.24, 2.45) is 0 Å². The molecule has 0 saturated carbocycles. The molecule has 0 aliphatic carbocycles. The van der Waals surface area contributed by atoms with E-state index >= 15 is 0 Å². The summed E-state index contributed by atoms with van der Waals surface area (Å²) in [5, 5.41) is 3.36. The van der Waals surface area contributed by atoms with Crippen LogP contribution in [0.15, 0.2) is 47.4 Å². The Kier molecular flexibility index (Phi) is 4.82. The van der Waals surface area contributed by atoms with Gasteiger partial charge in [0, 0.05) is 22.8 Å². The van der Waals surface area contributed by atoms with Crippen LogP contribution in [0.3, 0.4) is 0 Å². The van der Waals surface area contributed by atoms with Gasteiger partial charge in [0.1, 0.15) is 5.82 Å². The van der Waals surface area contributed by atoms with Crippen LogP contribution in [0, 0.1) is 5.82 Å². The summed E-state index contributed by atoms with van der Waals surface area (Å²) in [6.45, 7) is 0.279. The molecule has 0 radical (unpaired) electrons. The van der Waals surface area contributed by atoms with Gasteiger partial charge in [0.2, 0.25) is 10.0 Å². The van der Waals surface area contributed by atoms with Crippen molar-refractivity contribution in [1.82, 2.24) is 4.72 Å². The minimum absolute atomic E-state index is 0.174. The maximum absolute atomic E-state index is 13.6. The van der Waals surface area contributed by atoms with Crippen molar-refractivity contribution in [3.8, 4) is 0 Å². The fourth-order valence-corrected chi connectivity index (χ4v) is 2.62. The standard InChI is InChI=1S/C14H14ClFN2O2S/c1-17-21(19,20)13-6-4-12(5-7-13)18-9-10-2-3-11(15)8-14(10)16/h2-8,17-18H,9H2,1H3. The second-order valence-corrected chi connectivity index (χ2v) is 6.64. The lowest BCUT2D eigenvalue weighted by Gasteiger charge is -2.09. The Bertz CT molecular complexity index is 733. The molecule has 0 aliphatic rings. The highest BCUT2D eigenvalue weighted by atomic mass is 35.5. The highest BCUT2D eigenvalue weighted by Gasteiger charge is 2.10. The molecule has 2 rings (SSSR count). The van der Waals surface area contributed by atoms with E-state index in [2.05, 4.69) is 10.0 Å². The molecule has 21 heavy (non-hydrogen) atoms. The minimum Gasteiger partial charge on any atom is -0.381 e. The van der Waals surface area contributed by atoms with Crippen LogP contribution in [-0.2, 0) is 16.6 Å². The third-order valence-corrected chi connectivity index (χ3v) is 4.60. The lowest BCUT2D eigenvalue weighted by molar-refractivity contribution is 0.588. The molecule has 7 heteroatoms. The fraction of sp³-hybridized carbons (Fsp3) is 0.143. The molecule has 112 valence electrons. The van der Waals surface area contributed by atoms with Gasteiger partial charge in [-0.25, -0.2) is 17.5 Å². The van der Waals surface area contributed by atoms with Crippen molar-refractivity contribution in [2.75, 3.05) is 12.4 Å². The summed E-state index contributed by atoms with van der Waals surface area (Å²) in [5.41, 5.74) is 1.17. The fourth-order valence-electron chi connectivity index (χ4n) is 1.73. The van der Waals surface area contributed by atoms with Gasteiger partial charge in [-0.1, -0.05) is 17.7 Å². The monoisotopic (exact) mass is 328 g/mol. The second kappa shape index (κ2) is 6.43. The first-order chi connectivity index (χ1) is 9.92. The maximum Gasteiger partial charge on any atom is 0.240 e. The lowest BCUT2D eigenvalue weighted by atomic mass is 10.2. The zero-order valence-electron chi connectivity index (χ0n) is 11.2. The number of rotatable bonds is 5. The molecule has 0 amide bonds. The van der Waals surface area contributed by atoms with E-state index < -0.39 is 10.0 Å². The van der Waals surface area contributed by atoms with Gasteiger partial charge in [-0.05, 0) is 43.4 Å². The van der Waals surface area contributed by atoms with E-state index in [9.17, 15) is 12.8 Å². The van der Waals surface area contributed by atoms with Crippen molar-refractivity contribution in [2.45, 2.75) is 11.4 Å². The van der Waals surface area contributed by atoms with E-state index in [1.807, 2.05) is 0 Å². The maximum atomic E-state index is 13.6. The first-order valence-corrected chi connectivity index (χ1v) is 8.00. The molecule has 0 heterocycles. The topological polar surface area (TPSA) is 58.2 Å². The first kappa shape index (κ1) is 15.8. The van der Waals surface area contributed by atoms with Crippen LogP contribution in [-0.4, -0.2) is 15.5 Å². The highest BCUT2D eigenvalue weighted by Crippen LogP contribution is 2.17. The Morgan fingerprint density at radius 3 is 2.38 bits per heavy atom. The van der Waals surface area contributed by atoms with Crippen LogP contribution in [0.4, 0.5) is 10.1 Å². The molecule has 0 bridgehead atoms. The van der Waals surface area contributed by atoms with Crippen LogP contribution in [0.2, 0.25) is 5.02 Å². The van der Waals surface area contributed by atoms with E-state index in [-0.39, 0.29) is 17.3 Å². The van der Waals surface area contributed by atoms with Gasteiger partial charge in [-0.3, -0.25) is 0 Å². The zero-order valence-corrected chi connectivity index (χ0v) is 12.8. The molecular weight excluding hydrogens is 315 g/mol. The number of anilines is 1. The third kappa shape index (κ3) is 3.93. The molecule has 0 saturated heterocycles. The van der Waals surface area contributed by atoms with Crippen LogP contribution in [0.5, 0.6) is 0 Å². The minimum atomic E-state index is -3.45. The zero-order chi connectivity index (χ0) is 15.5. The van der Waals surface area contributed by atoms with E-state index in [4.69, 9.17) is 11.6 Å². The Morgan fingerprint density at radius 1 is 1.14 bits per heavy atom. The molecule has 2 N–H and O–H groups in total. The molecule has 0 atom stereocenters. The predicted octanol–water partition coefficient (Wildman–Crippen LogP) is 3.00. The van der Waals surface area contributed by atoms with Gasteiger partial charge in [0.15, 0.2) is 0 Å². The Balaban J connectivity index is 2.07. The number of hydrogen-bond donors (Lipinski definition) is 2. The quantitative estimate of drug-likeness (QED) is 0.887. The van der Waals surface area contributed by atoms with Gasteiger partial charge in [0.05, 0.1) is 4.90 Å². The number of sulfonamides is 1. The van der Waals surface area contributed by atoms with Crippen LogP contribution >= 0.6 is 11.6 Å². The summed E-state index contributed by atoms with van der Waals surface area (Å²) >= 11 is 5.68. The van der Waals surface area contributed by atoms with Crippen LogP contribution in [0.1, 0.15) is 5.56 Å². The normalized spacial score (nSPS) is 11.4. The van der Waals surface area contributed by atoms with Crippen LogP contribution < -0.4 is 10.0 Å². The summed E-state index contributed by atoms with van der Waals surface area (Å²) in [6.07, 6.45) is 0. The average molecular weight is 329 g/mol. The Hall–Kier alpha value is -1.63. The summed E-state index contributed by atoms with van der Waals surface area (Å²) in [5.74, 6) is -0.385. The Morgan fingerprint density at radius 2 is 1.81 bits per heavy atom. The molecule has 2 aromatic carbocycles. The smallest absolute Gasteiger partial charge is 0.240 e. The van der Waals surface area contributed by atoms with Gasteiger partial charge >= 0.3 is 0 Å². The van der Waals surface area contributed by atoms with Crippen LogP contribution in [0.25, 0.3) is 0 Å². The number of halogens is 2. The van der Waals surface area contributed by atoms with Crippen molar-refractivity contribution >= 4 is 27.3 Å². The van der Waals surface area contributed by atoms with Gasteiger partial charge in [0.25, 0.3) is 0 Å².